The SMILES string of the molecule is N#Cc1ccc(C[C@@H]2O[C@@H](c3ccc(Cl)cc3)[C@@H](c3ccc(Cl)cc3)N(C(C(=O)O)C3CC3)C2=O)cc1. The molecule has 1 unspecified atom stereocenters. The number of hydrogen-bond acceptors (Lipinski definition) is 4. The van der Waals surface area contributed by atoms with Gasteiger partial charge in [-0.25, -0.2) is 4.79 Å². The van der Waals surface area contributed by atoms with Gasteiger partial charge in [0.05, 0.1) is 17.7 Å². The Kier molecular flexibility index (Phi) is 7.21. The molecule has 1 saturated heterocycles. The number of nitrogens with zero attached hydrogens (tertiary/aromatic N) is 2. The predicted octanol–water partition coefficient (Wildman–Crippen LogP) is 5.98. The first-order valence-corrected chi connectivity index (χ1v) is 12.8. The van der Waals surface area contributed by atoms with E-state index in [1.807, 2.05) is 24.3 Å². The van der Waals surface area contributed by atoms with Gasteiger partial charge in [0.15, 0.2) is 0 Å². The number of amides is 1. The monoisotopic (exact) mass is 534 g/mol. The second-order valence-corrected chi connectivity index (χ2v) is 10.3. The number of carbonyl (C=O) groups excluding carboxylic acids is 1. The molecule has 1 heterocycles. The standard InChI is InChI=1S/C29H24Cl2N2O4/c30-22-11-7-19(8-12-22)25-27(21-9-13-23(31)14-10-21)37-24(15-17-1-3-18(16-32)4-2-17)28(34)33(25)26(29(35)36)20-5-6-20/h1-4,7-14,20,24-27H,5-6,15H2,(H,35,36)/t24-,25+,26?,27-/m0/s1. The Morgan fingerprint density at radius 3 is 2.05 bits per heavy atom. The Morgan fingerprint density at radius 1 is 0.973 bits per heavy atom. The van der Waals surface area contributed by atoms with Gasteiger partial charge in [-0.1, -0.05) is 59.6 Å². The van der Waals surface area contributed by atoms with Gasteiger partial charge in [0.25, 0.3) is 5.91 Å². The van der Waals surface area contributed by atoms with Crippen LogP contribution in [0, 0.1) is 17.2 Å². The average Bonchev–Trinajstić information content (AvgIpc) is 3.73. The molecule has 1 aliphatic heterocycles. The molecule has 0 radical (unpaired) electrons. The number of ether oxygens (including phenoxy) is 1. The highest BCUT2D eigenvalue weighted by Crippen LogP contribution is 2.47. The number of aliphatic carboxylic acids is 1. The molecule has 1 amide bonds. The minimum Gasteiger partial charge on any atom is -0.480 e. The highest BCUT2D eigenvalue weighted by atomic mass is 35.5. The second kappa shape index (κ2) is 10.5. The third-order valence-corrected chi connectivity index (χ3v) is 7.47. The molecular formula is C29H24Cl2N2O4. The topological polar surface area (TPSA) is 90.6 Å². The highest BCUT2D eigenvalue weighted by molar-refractivity contribution is 6.30. The van der Waals surface area contributed by atoms with Crippen molar-refractivity contribution in [1.82, 2.24) is 4.90 Å². The van der Waals surface area contributed by atoms with E-state index in [1.165, 1.54) is 4.90 Å². The van der Waals surface area contributed by atoms with Crippen LogP contribution in [-0.4, -0.2) is 34.0 Å². The average molecular weight is 535 g/mol. The zero-order valence-electron chi connectivity index (χ0n) is 19.8. The summed E-state index contributed by atoms with van der Waals surface area (Å²) in [5.41, 5.74) is 2.85. The van der Waals surface area contributed by atoms with E-state index < -0.39 is 30.3 Å². The maximum Gasteiger partial charge on any atom is 0.326 e. The largest absolute Gasteiger partial charge is 0.480 e. The fourth-order valence-electron chi connectivity index (χ4n) is 5.00. The highest BCUT2D eigenvalue weighted by Gasteiger charge is 2.52. The zero-order chi connectivity index (χ0) is 26.1. The summed E-state index contributed by atoms with van der Waals surface area (Å²) in [6.07, 6.45) is 0.204. The van der Waals surface area contributed by atoms with Crippen molar-refractivity contribution in [2.75, 3.05) is 0 Å². The molecule has 0 aromatic heterocycles. The second-order valence-electron chi connectivity index (χ2n) is 9.47. The predicted molar refractivity (Wildman–Crippen MR) is 139 cm³/mol. The Morgan fingerprint density at radius 2 is 1.54 bits per heavy atom. The molecule has 5 rings (SSSR count). The van der Waals surface area contributed by atoms with Crippen LogP contribution in [0.15, 0.2) is 72.8 Å². The smallest absolute Gasteiger partial charge is 0.326 e. The van der Waals surface area contributed by atoms with Crippen molar-refractivity contribution in [2.24, 2.45) is 5.92 Å². The molecule has 8 heteroatoms. The number of nitriles is 1. The van der Waals surface area contributed by atoms with Crippen LogP contribution in [0.1, 0.15) is 47.2 Å². The fourth-order valence-corrected chi connectivity index (χ4v) is 5.25. The molecule has 0 bridgehead atoms. The summed E-state index contributed by atoms with van der Waals surface area (Å²) in [6, 6.07) is 21.7. The van der Waals surface area contributed by atoms with Crippen molar-refractivity contribution in [3.63, 3.8) is 0 Å². The molecule has 1 N–H and O–H groups in total. The molecule has 0 spiro atoms. The van der Waals surface area contributed by atoms with Gasteiger partial charge < -0.3 is 14.7 Å². The van der Waals surface area contributed by atoms with E-state index in [0.29, 0.717) is 15.6 Å². The van der Waals surface area contributed by atoms with E-state index in [-0.39, 0.29) is 18.2 Å². The molecule has 6 nitrogen and oxygen atoms in total. The van der Waals surface area contributed by atoms with E-state index in [9.17, 15) is 14.7 Å². The van der Waals surface area contributed by atoms with Gasteiger partial charge >= 0.3 is 5.97 Å². The summed E-state index contributed by atoms with van der Waals surface area (Å²) in [5, 5.41) is 20.5. The van der Waals surface area contributed by atoms with Crippen LogP contribution < -0.4 is 0 Å². The zero-order valence-corrected chi connectivity index (χ0v) is 21.3. The first-order chi connectivity index (χ1) is 17.9. The van der Waals surface area contributed by atoms with Crippen molar-refractivity contribution in [3.8, 4) is 6.07 Å². The lowest BCUT2D eigenvalue weighted by atomic mass is 9.88. The van der Waals surface area contributed by atoms with E-state index in [4.69, 9.17) is 33.2 Å². The van der Waals surface area contributed by atoms with Crippen LogP contribution in [-0.2, 0) is 20.7 Å². The first kappa shape index (κ1) is 25.3. The lowest BCUT2D eigenvalue weighted by Gasteiger charge is -2.47. The molecule has 2 aliphatic rings. The summed E-state index contributed by atoms with van der Waals surface area (Å²) in [7, 11) is 0. The lowest BCUT2D eigenvalue weighted by Crippen LogP contribution is -2.58. The molecule has 3 aromatic rings. The van der Waals surface area contributed by atoms with Gasteiger partial charge in [0.1, 0.15) is 18.2 Å². The molecule has 1 aliphatic carbocycles. The quantitative estimate of drug-likeness (QED) is 0.402. The van der Waals surface area contributed by atoms with Crippen molar-refractivity contribution in [2.45, 2.75) is 43.6 Å². The normalized spacial score (nSPS) is 22.4. The van der Waals surface area contributed by atoms with Gasteiger partial charge in [-0.15, -0.1) is 0 Å². The van der Waals surface area contributed by atoms with Crippen LogP contribution in [0.5, 0.6) is 0 Å². The molecule has 188 valence electrons. The molecule has 1 saturated carbocycles. The van der Waals surface area contributed by atoms with Crippen molar-refractivity contribution in [3.05, 3.63) is 105 Å². The van der Waals surface area contributed by atoms with E-state index in [2.05, 4.69) is 6.07 Å². The Bertz CT molecular complexity index is 1330. The Labute approximate surface area is 225 Å². The molecule has 2 fully saturated rings. The number of hydrogen-bond donors (Lipinski definition) is 1. The molecule has 37 heavy (non-hydrogen) atoms. The van der Waals surface area contributed by atoms with Gasteiger partial charge in [-0.2, -0.15) is 5.26 Å². The molecule has 4 atom stereocenters. The fraction of sp³-hybridized carbons (Fsp3) is 0.276. The Balaban J connectivity index is 1.61. The summed E-state index contributed by atoms with van der Waals surface area (Å²) >= 11 is 12.3. The number of halogens is 2. The minimum atomic E-state index is -1.02. The third kappa shape index (κ3) is 5.35. The number of morpholine rings is 1. The number of carboxylic acid groups (broad SMARTS) is 1. The number of benzene rings is 3. The summed E-state index contributed by atoms with van der Waals surface area (Å²) in [5.74, 6) is -1.51. The van der Waals surface area contributed by atoms with E-state index >= 15 is 0 Å². The maximum atomic E-state index is 14.1. The van der Waals surface area contributed by atoms with Crippen LogP contribution in [0.3, 0.4) is 0 Å². The third-order valence-electron chi connectivity index (χ3n) is 6.96. The molecular weight excluding hydrogens is 511 g/mol. The van der Waals surface area contributed by atoms with Crippen LogP contribution in [0.25, 0.3) is 0 Å². The van der Waals surface area contributed by atoms with E-state index in [1.54, 1.807) is 48.5 Å². The van der Waals surface area contributed by atoms with Crippen LogP contribution in [0.4, 0.5) is 0 Å². The van der Waals surface area contributed by atoms with Crippen LogP contribution >= 0.6 is 23.2 Å². The number of rotatable bonds is 7. The maximum absolute atomic E-state index is 14.1. The summed E-state index contributed by atoms with van der Waals surface area (Å²) < 4.78 is 6.52. The summed E-state index contributed by atoms with van der Waals surface area (Å²) in [6.45, 7) is 0. The number of carbonyl (C=O) groups is 2. The first-order valence-electron chi connectivity index (χ1n) is 12.1. The minimum absolute atomic E-state index is 0.115. The van der Waals surface area contributed by atoms with Gasteiger partial charge in [-0.05, 0) is 71.8 Å². The van der Waals surface area contributed by atoms with Gasteiger partial charge in [0, 0.05) is 16.5 Å². The van der Waals surface area contributed by atoms with Crippen molar-refractivity contribution in [1.29, 1.82) is 5.26 Å². The van der Waals surface area contributed by atoms with Gasteiger partial charge in [-0.3, -0.25) is 4.79 Å². The lowest BCUT2D eigenvalue weighted by molar-refractivity contribution is -0.185. The summed E-state index contributed by atoms with van der Waals surface area (Å²) in [4.78, 5) is 28.2. The van der Waals surface area contributed by atoms with Crippen molar-refractivity contribution < 1.29 is 19.4 Å². The Hall–Kier alpha value is -3.37. The van der Waals surface area contributed by atoms with E-state index in [0.717, 1.165) is 29.5 Å². The van der Waals surface area contributed by atoms with Gasteiger partial charge in [0.2, 0.25) is 0 Å². The molecule has 3 aromatic carbocycles. The van der Waals surface area contributed by atoms with Crippen LogP contribution in [0.2, 0.25) is 10.0 Å². The van der Waals surface area contributed by atoms with Crippen molar-refractivity contribution >= 4 is 35.1 Å². The number of carboxylic acids is 1.